The minimum absolute atomic E-state index is 0. The van der Waals surface area contributed by atoms with Gasteiger partial charge in [0.2, 0.25) is 0 Å². The van der Waals surface area contributed by atoms with Gasteiger partial charge in [0.05, 0.1) is 11.9 Å². The van der Waals surface area contributed by atoms with Gasteiger partial charge in [0.25, 0.3) is 0 Å². The summed E-state index contributed by atoms with van der Waals surface area (Å²) in [6, 6.07) is 0. The van der Waals surface area contributed by atoms with E-state index in [4.69, 9.17) is 34.7 Å². The molecule has 0 fully saturated rings. The Morgan fingerprint density at radius 2 is 0.917 bits per heavy atom. The molecule has 0 aromatic rings. The fraction of sp³-hybridized carbons (Fsp3) is 0. The van der Waals surface area contributed by atoms with Crippen LogP contribution in [0.4, 0.5) is 9.59 Å². The van der Waals surface area contributed by atoms with Gasteiger partial charge in [0.1, 0.15) is 0 Å². The Morgan fingerprint density at radius 1 is 0.917 bits per heavy atom. The van der Waals surface area contributed by atoms with Crippen molar-refractivity contribution in [1.82, 2.24) is 0 Å². The second-order valence-corrected chi connectivity index (χ2v) is 0.565. The number of carboxylic acid groups (broad SMARTS) is 4. The number of carbonyl (C=O) groups is 2. The molecule has 0 radical (unpaired) electrons. The van der Waals surface area contributed by atoms with E-state index < -0.39 is 12.3 Å². The average molecular weight is 243 g/mol. The van der Waals surface area contributed by atoms with Crippen molar-refractivity contribution in [2.24, 2.45) is 0 Å². The summed E-state index contributed by atoms with van der Waals surface area (Å²) < 4.78 is 6.47. The molecule has 0 amide bonds. The van der Waals surface area contributed by atoms with Gasteiger partial charge in [-0.05, 0) is 0 Å². The third kappa shape index (κ3) is 1010. The first-order valence-electron chi connectivity index (χ1n) is 1.47. The van der Waals surface area contributed by atoms with Crippen LogP contribution < -0.4 is 29.6 Å². The Balaban J connectivity index is -0.00000000726. The smallest absolute Gasteiger partial charge is 1.00 e. The van der Waals surface area contributed by atoms with E-state index in [9.17, 15) is 0 Å². The maximum Gasteiger partial charge on any atom is 2.00 e. The van der Waals surface area contributed by atoms with Gasteiger partial charge in [-0.25, -0.2) is 9.59 Å². The van der Waals surface area contributed by atoms with Crippen LogP contribution in [0.2, 0.25) is 0 Å². The molecule has 0 aromatic carbocycles. The Bertz CT molecular complexity index is 90.2. The van der Waals surface area contributed by atoms with Crippen LogP contribution in [-0.2, 0) is 0 Å². The summed E-state index contributed by atoms with van der Waals surface area (Å²) in [5.41, 5.74) is 0. The zero-order valence-corrected chi connectivity index (χ0v) is 11.1. The van der Waals surface area contributed by atoms with E-state index in [2.05, 4.69) is 11.9 Å². The molecule has 0 aliphatic carbocycles. The van der Waals surface area contributed by atoms with Crippen LogP contribution in [0.5, 0.6) is 0 Å². The summed E-state index contributed by atoms with van der Waals surface area (Å²) in [5.74, 6) is 0. The first-order chi connectivity index (χ1) is 4.46. The van der Waals surface area contributed by atoms with Crippen LogP contribution in [-0.4, -0.2) is 75.1 Å². The zero-order chi connectivity index (χ0) is 9.15. The zero-order valence-electron chi connectivity index (χ0n) is 9.14. The van der Waals surface area contributed by atoms with Gasteiger partial charge < -0.3 is 24.7 Å². The molecule has 7 nitrogen and oxygen atoms in total. The molecule has 68 valence electrons. The number of hydrogen-bond acceptors (Lipinski definition) is 3. The van der Waals surface area contributed by atoms with Gasteiger partial charge in [0, 0.05) is 0 Å². The normalized spacial score (nSPS) is 4.50. The molecule has 5 N–H and O–H groups in total. The third-order valence-electron chi connectivity index (χ3n) is 0. The standard InChI is InChI=1S/2CH2O3.Ca.ClHO.Na.3H/c2*2-1(3)4;;1-2;;;;/h2*(H2,2,3,4);;2H;;;;/q;;+2;;+1;3*-1. The van der Waals surface area contributed by atoms with Crippen molar-refractivity contribution in [3.05, 3.63) is 0 Å². The van der Waals surface area contributed by atoms with Crippen molar-refractivity contribution in [1.29, 1.82) is 0 Å². The van der Waals surface area contributed by atoms with E-state index in [1.807, 2.05) is 0 Å². The Labute approximate surface area is 129 Å². The monoisotopic (exact) mass is 242 g/mol. The topological polar surface area (TPSA) is 135 Å². The largest absolute Gasteiger partial charge is 2.00 e. The summed E-state index contributed by atoms with van der Waals surface area (Å²) >= 11 is 3.64. The molecule has 0 heterocycles. The minimum atomic E-state index is -1.83. The van der Waals surface area contributed by atoms with Crippen molar-refractivity contribution in [3.63, 3.8) is 0 Å². The minimum Gasteiger partial charge on any atom is -1.00 e. The predicted octanol–water partition coefficient (Wildman–Crippen LogP) is -2.46. The molecule has 0 bridgehead atoms. The van der Waals surface area contributed by atoms with E-state index in [0.717, 1.165) is 0 Å². The van der Waals surface area contributed by atoms with Crippen LogP contribution in [0.1, 0.15) is 4.28 Å². The van der Waals surface area contributed by atoms with Crippen LogP contribution in [0.15, 0.2) is 0 Å². The summed E-state index contributed by atoms with van der Waals surface area (Å²) in [7, 11) is 0. The number of hydrogen-bond donors (Lipinski definition) is 5. The van der Waals surface area contributed by atoms with Crippen LogP contribution in [0.3, 0.4) is 0 Å². The fourth-order valence-corrected chi connectivity index (χ4v) is 0. The third-order valence-corrected chi connectivity index (χ3v) is 0. The molecule has 0 atom stereocenters. The Hall–Kier alpha value is 1.05. The first-order valence-corrected chi connectivity index (χ1v) is 1.81. The molecule has 0 unspecified atom stereocenters. The Morgan fingerprint density at radius 3 is 0.917 bits per heavy atom. The first kappa shape index (κ1) is 29.2. The summed E-state index contributed by atoms with van der Waals surface area (Å²) in [4.78, 5) is 17.1. The molecule has 0 aliphatic rings. The van der Waals surface area contributed by atoms with Gasteiger partial charge in [0.15, 0.2) is 0 Å². The Kier molecular flexibility index (Phi) is 72.1. The molecule has 0 spiro atoms. The average Bonchev–Trinajstić information content (AvgIpc) is 1.66. The maximum absolute atomic E-state index is 8.56. The molecule has 0 saturated carbocycles. The van der Waals surface area contributed by atoms with Crippen LogP contribution >= 0.6 is 11.9 Å². The van der Waals surface area contributed by atoms with Gasteiger partial charge in [-0.15, -0.1) is 0 Å². The van der Waals surface area contributed by atoms with E-state index in [1.165, 1.54) is 0 Å². The van der Waals surface area contributed by atoms with E-state index in [1.54, 1.807) is 0 Å². The molecular weight excluding hydrogens is 235 g/mol. The van der Waals surface area contributed by atoms with Crippen molar-refractivity contribution < 1.29 is 68.5 Å². The fourth-order valence-electron chi connectivity index (χ4n) is 0. The van der Waals surface area contributed by atoms with Crippen molar-refractivity contribution in [3.8, 4) is 0 Å². The molecular formula is C2H8CaClNaO7. The quantitative estimate of drug-likeness (QED) is 0.297. The predicted molar refractivity (Wildman–Crippen MR) is 38.5 cm³/mol. The van der Waals surface area contributed by atoms with Crippen LogP contribution in [0.25, 0.3) is 0 Å². The molecule has 0 aromatic heterocycles. The second-order valence-electron chi connectivity index (χ2n) is 0.565. The van der Waals surface area contributed by atoms with Gasteiger partial charge in [-0.3, -0.25) is 4.66 Å². The summed E-state index contributed by atoms with van der Waals surface area (Å²) in [6.07, 6.45) is -3.67. The van der Waals surface area contributed by atoms with E-state index in [0.29, 0.717) is 0 Å². The molecule has 0 aliphatic heterocycles. The maximum atomic E-state index is 8.56. The van der Waals surface area contributed by atoms with Crippen LogP contribution in [0, 0.1) is 0 Å². The SMILES string of the molecule is O=C(O)O.O=C(O)O.OCl.[Ca+2].[H-].[H-].[H-].[Na+]. The molecule has 0 saturated heterocycles. The number of rotatable bonds is 0. The number of halogens is 1. The second kappa shape index (κ2) is 29.6. The van der Waals surface area contributed by atoms with Gasteiger partial charge in [-0.2, -0.15) is 0 Å². The van der Waals surface area contributed by atoms with Crippen molar-refractivity contribution in [2.45, 2.75) is 0 Å². The van der Waals surface area contributed by atoms with Crippen molar-refractivity contribution in [2.75, 3.05) is 0 Å². The van der Waals surface area contributed by atoms with Gasteiger partial charge in [-0.1, -0.05) is 0 Å². The summed E-state index contributed by atoms with van der Waals surface area (Å²) in [5, 5.41) is 27.9. The van der Waals surface area contributed by atoms with Gasteiger partial charge >= 0.3 is 79.6 Å². The summed E-state index contributed by atoms with van der Waals surface area (Å²) in [6.45, 7) is 0. The van der Waals surface area contributed by atoms with Crippen molar-refractivity contribution >= 4 is 61.9 Å². The molecule has 0 rings (SSSR count). The van der Waals surface area contributed by atoms with E-state index in [-0.39, 0.29) is 71.6 Å². The molecule has 12 heavy (non-hydrogen) atoms. The molecule has 10 heteroatoms. The van der Waals surface area contributed by atoms with E-state index >= 15 is 0 Å².